The summed E-state index contributed by atoms with van der Waals surface area (Å²) in [5.41, 5.74) is 0. The SMILES string of the molecule is CCC(=O)[O-].CCC(=O)[O-].CC[NH+](CC)CC.CC[NH+](CC)CC. The number of hydrogen-bond donors (Lipinski definition) is 2. The predicted octanol–water partition coefficient (Wildman–Crippen LogP) is -1.85. The monoisotopic (exact) mass is 350 g/mol. The number of carbonyl (C=O) groups excluding carboxylic acids is 2. The van der Waals surface area contributed by atoms with E-state index in [1.54, 1.807) is 9.80 Å². The standard InChI is InChI=1S/2C6H15N.2C3H6O2/c2*1-4-7(5-2)6-3;2*1-2-3(4)5/h2*4-6H2,1-3H3;2*2H2,1H3,(H,4,5). The number of rotatable bonds is 8. The van der Waals surface area contributed by atoms with Crippen molar-refractivity contribution in [3.05, 3.63) is 0 Å². The minimum Gasteiger partial charge on any atom is -0.550 e. The Morgan fingerprint density at radius 3 is 0.667 bits per heavy atom. The number of carboxylic acid groups (broad SMARTS) is 2. The molecular weight excluding hydrogens is 308 g/mol. The van der Waals surface area contributed by atoms with Gasteiger partial charge in [0.05, 0.1) is 39.3 Å². The first-order valence-electron chi connectivity index (χ1n) is 9.30. The van der Waals surface area contributed by atoms with Gasteiger partial charge in [0.25, 0.3) is 0 Å². The maximum absolute atomic E-state index is 9.26. The smallest absolute Gasteiger partial charge is 0.0742 e. The molecule has 0 aliphatic heterocycles. The van der Waals surface area contributed by atoms with Crippen LogP contribution in [0, 0.1) is 0 Å². The second-order valence-electron chi connectivity index (χ2n) is 5.07. The molecule has 0 aliphatic rings. The molecule has 148 valence electrons. The highest BCUT2D eigenvalue weighted by Crippen LogP contribution is 1.62. The van der Waals surface area contributed by atoms with Crippen LogP contribution in [0.5, 0.6) is 0 Å². The summed E-state index contributed by atoms with van der Waals surface area (Å²) in [5, 5.41) is 18.5. The zero-order valence-corrected chi connectivity index (χ0v) is 17.3. The Hall–Kier alpha value is -1.14. The van der Waals surface area contributed by atoms with Crippen LogP contribution >= 0.6 is 0 Å². The summed E-state index contributed by atoms with van der Waals surface area (Å²) in [6.07, 6.45) is 0.222. The molecule has 0 amide bonds. The van der Waals surface area contributed by atoms with Crippen LogP contribution in [-0.4, -0.2) is 51.2 Å². The summed E-state index contributed by atoms with van der Waals surface area (Å²) < 4.78 is 0. The molecule has 0 aliphatic carbocycles. The van der Waals surface area contributed by atoms with Crippen molar-refractivity contribution in [1.29, 1.82) is 0 Å². The van der Waals surface area contributed by atoms with Gasteiger partial charge in [-0.25, -0.2) is 0 Å². The third-order valence-electron chi connectivity index (χ3n) is 3.58. The molecule has 0 atom stereocenters. The van der Waals surface area contributed by atoms with E-state index in [0.29, 0.717) is 0 Å². The van der Waals surface area contributed by atoms with E-state index in [2.05, 4.69) is 41.5 Å². The zero-order valence-electron chi connectivity index (χ0n) is 17.3. The lowest BCUT2D eigenvalue weighted by Crippen LogP contribution is -3.11. The Morgan fingerprint density at radius 1 is 0.542 bits per heavy atom. The molecule has 0 bridgehead atoms. The maximum Gasteiger partial charge on any atom is 0.0742 e. The fourth-order valence-electron chi connectivity index (χ4n) is 1.50. The number of aliphatic carboxylic acids is 2. The van der Waals surface area contributed by atoms with Gasteiger partial charge >= 0.3 is 0 Å². The van der Waals surface area contributed by atoms with Crippen LogP contribution in [-0.2, 0) is 9.59 Å². The molecule has 0 aromatic carbocycles. The van der Waals surface area contributed by atoms with Crippen molar-refractivity contribution in [1.82, 2.24) is 0 Å². The summed E-state index contributed by atoms with van der Waals surface area (Å²) in [7, 11) is 0. The van der Waals surface area contributed by atoms with Crippen molar-refractivity contribution in [2.75, 3.05) is 39.3 Å². The number of carbonyl (C=O) groups is 2. The van der Waals surface area contributed by atoms with E-state index in [4.69, 9.17) is 0 Å². The average Bonchev–Trinajstić information content (AvgIpc) is 2.59. The maximum atomic E-state index is 9.26. The molecule has 0 aromatic heterocycles. The van der Waals surface area contributed by atoms with E-state index in [1.165, 1.54) is 53.1 Å². The first kappa shape index (κ1) is 30.7. The van der Waals surface area contributed by atoms with Gasteiger partial charge in [0, 0.05) is 11.9 Å². The minimum absolute atomic E-state index is 0.111. The van der Waals surface area contributed by atoms with Gasteiger partial charge in [-0.1, -0.05) is 13.8 Å². The number of hydrogen-bond acceptors (Lipinski definition) is 4. The first-order valence-corrected chi connectivity index (χ1v) is 9.30. The Kier molecular flexibility index (Phi) is 34.2. The molecule has 0 spiro atoms. The molecule has 6 heteroatoms. The van der Waals surface area contributed by atoms with Crippen molar-refractivity contribution in [2.24, 2.45) is 0 Å². The predicted molar refractivity (Wildman–Crippen MR) is 95.8 cm³/mol. The third-order valence-corrected chi connectivity index (χ3v) is 3.58. The van der Waals surface area contributed by atoms with Crippen LogP contribution in [0.2, 0.25) is 0 Å². The van der Waals surface area contributed by atoms with Crippen LogP contribution in [0.1, 0.15) is 68.2 Å². The topological polar surface area (TPSA) is 89.1 Å². The van der Waals surface area contributed by atoms with E-state index < -0.39 is 11.9 Å². The molecular formula is C18H42N2O4. The van der Waals surface area contributed by atoms with Gasteiger partial charge in [0.2, 0.25) is 0 Å². The van der Waals surface area contributed by atoms with Crippen LogP contribution < -0.4 is 20.0 Å². The summed E-state index contributed by atoms with van der Waals surface area (Å²) in [4.78, 5) is 21.9. The Bertz CT molecular complexity index is 216. The molecule has 0 unspecified atom stereocenters. The molecule has 6 nitrogen and oxygen atoms in total. The van der Waals surface area contributed by atoms with E-state index in [-0.39, 0.29) is 12.8 Å². The molecule has 0 radical (unpaired) electrons. The minimum atomic E-state index is -0.995. The number of quaternary nitrogens is 2. The Morgan fingerprint density at radius 2 is 0.667 bits per heavy atom. The summed E-state index contributed by atoms with van der Waals surface area (Å²) in [5.74, 6) is -1.99. The molecule has 24 heavy (non-hydrogen) atoms. The highest BCUT2D eigenvalue weighted by molar-refractivity contribution is 5.63. The van der Waals surface area contributed by atoms with Crippen LogP contribution in [0.25, 0.3) is 0 Å². The van der Waals surface area contributed by atoms with Gasteiger partial charge in [0.15, 0.2) is 0 Å². The highest BCUT2D eigenvalue weighted by atomic mass is 16.4. The quantitative estimate of drug-likeness (QED) is 0.538. The molecule has 0 heterocycles. The van der Waals surface area contributed by atoms with Gasteiger partial charge in [0.1, 0.15) is 0 Å². The van der Waals surface area contributed by atoms with Crippen molar-refractivity contribution >= 4 is 11.9 Å². The number of nitrogens with one attached hydrogen (secondary N) is 2. The highest BCUT2D eigenvalue weighted by Gasteiger charge is 1.93. The molecule has 0 saturated carbocycles. The Labute approximate surface area is 149 Å². The molecule has 0 aromatic rings. The molecule has 0 fully saturated rings. The van der Waals surface area contributed by atoms with Gasteiger partial charge in [-0.15, -0.1) is 0 Å². The first-order chi connectivity index (χ1) is 11.2. The van der Waals surface area contributed by atoms with Gasteiger partial charge in [-0.3, -0.25) is 0 Å². The summed E-state index contributed by atoms with van der Waals surface area (Å²) in [6, 6.07) is 0. The van der Waals surface area contributed by atoms with E-state index in [9.17, 15) is 19.8 Å². The average molecular weight is 351 g/mol. The lowest BCUT2D eigenvalue weighted by Gasteiger charge is -2.10. The second-order valence-corrected chi connectivity index (χ2v) is 5.07. The van der Waals surface area contributed by atoms with Crippen LogP contribution in [0.3, 0.4) is 0 Å². The second kappa shape index (κ2) is 26.7. The lowest BCUT2D eigenvalue weighted by atomic mass is 10.5. The van der Waals surface area contributed by atoms with E-state index in [1.807, 2.05) is 0 Å². The summed E-state index contributed by atoms with van der Waals surface area (Å²) >= 11 is 0. The van der Waals surface area contributed by atoms with Crippen molar-refractivity contribution in [2.45, 2.75) is 68.2 Å². The van der Waals surface area contributed by atoms with E-state index in [0.717, 1.165) is 0 Å². The fraction of sp³-hybridized carbons (Fsp3) is 0.889. The summed E-state index contributed by atoms with van der Waals surface area (Å²) in [6.45, 7) is 24.0. The van der Waals surface area contributed by atoms with Gasteiger partial charge < -0.3 is 29.6 Å². The van der Waals surface area contributed by atoms with Crippen molar-refractivity contribution in [3.63, 3.8) is 0 Å². The zero-order chi connectivity index (χ0) is 20.0. The van der Waals surface area contributed by atoms with Gasteiger partial charge in [-0.05, 0) is 54.4 Å². The Balaban J connectivity index is -0.000000113. The largest absolute Gasteiger partial charge is 0.550 e. The third kappa shape index (κ3) is 37.3. The van der Waals surface area contributed by atoms with E-state index >= 15 is 0 Å². The lowest BCUT2D eigenvalue weighted by molar-refractivity contribution is -0.894. The fourth-order valence-corrected chi connectivity index (χ4v) is 1.50. The molecule has 0 rings (SSSR count). The normalized spacial score (nSPS) is 9.08. The van der Waals surface area contributed by atoms with Crippen molar-refractivity contribution < 1.29 is 29.6 Å². The number of carboxylic acids is 2. The molecule has 0 saturated heterocycles. The van der Waals surface area contributed by atoms with Gasteiger partial charge in [-0.2, -0.15) is 0 Å². The van der Waals surface area contributed by atoms with Crippen molar-refractivity contribution in [3.8, 4) is 0 Å². The molecule has 2 N–H and O–H groups in total. The van der Waals surface area contributed by atoms with Crippen LogP contribution in [0.15, 0.2) is 0 Å². The van der Waals surface area contributed by atoms with Crippen LogP contribution in [0.4, 0.5) is 0 Å².